The minimum atomic E-state index is 0.362. The predicted molar refractivity (Wildman–Crippen MR) is 59.7 cm³/mol. The molecule has 0 aromatic carbocycles. The Hall–Kier alpha value is -0.540. The molecule has 2 atom stereocenters. The molecule has 2 aliphatic heterocycles. The largest absolute Gasteiger partial charge is 0.496 e. The Morgan fingerprint density at radius 2 is 2.47 bits per heavy atom. The normalized spacial score (nSPS) is 27.5. The third kappa shape index (κ3) is 2.95. The Bertz CT molecular complexity index is 222. The Morgan fingerprint density at radius 3 is 3.07 bits per heavy atom. The van der Waals surface area contributed by atoms with Crippen LogP contribution in [0.25, 0.3) is 0 Å². The first kappa shape index (κ1) is 11.0. The van der Waals surface area contributed by atoms with E-state index in [0.29, 0.717) is 12.1 Å². The van der Waals surface area contributed by atoms with Crippen molar-refractivity contribution in [1.29, 1.82) is 0 Å². The van der Waals surface area contributed by atoms with Crippen LogP contribution in [0.1, 0.15) is 32.6 Å². The fourth-order valence-corrected chi connectivity index (χ4v) is 2.32. The van der Waals surface area contributed by atoms with Crippen molar-refractivity contribution in [3.8, 4) is 0 Å². The lowest BCUT2D eigenvalue weighted by molar-refractivity contribution is 0.0899. The summed E-state index contributed by atoms with van der Waals surface area (Å²) in [5.74, 6) is 1.13. The van der Waals surface area contributed by atoms with Crippen LogP contribution in [0.15, 0.2) is 11.8 Å². The third-order valence-electron chi connectivity index (χ3n) is 3.05. The van der Waals surface area contributed by atoms with Gasteiger partial charge in [-0.2, -0.15) is 0 Å². The van der Waals surface area contributed by atoms with E-state index in [0.717, 1.165) is 38.4 Å². The van der Waals surface area contributed by atoms with E-state index in [4.69, 9.17) is 9.47 Å². The summed E-state index contributed by atoms with van der Waals surface area (Å²) in [6, 6.07) is 0.362. The molecule has 0 radical (unpaired) electrons. The summed E-state index contributed by atoms with van der Waals surface area (Å²) < 4.78 is 11.3. The van der Waals surface area contributed by atoms with Crippen LogP contribution in [-0.2, 0) is 9.47 Å². The van der Waals surface area contributed by atoms with Gasteiger partial charge in [0.25, 0.3) is 0 Å². The minimum absolute atomic E-state index is 0.362. The van der Waals surface area contributed by atoms with Crippen LogP contribution >= 0.6 is 0 Å². The first-order valence-corrected chi connectivity index (χ1v) is 6.08. The number of rotatable bonds is 5. The zero-order valence-electron chi connectivity index (χ0n) is 9.50. The van der Waals surface area contributed by atoms with Crippen LogP contribution in [0.4, 0.5) is 0 Å². The lowest BCUT2D eigenvalue weighted by Crippen LogP contribution is -2.34. The second kappa shape index (κ2) is 5.52. The van der Waals surface area contributed by atoms with Crippen molar-refractivity contribution in [3.63, 3.8) is 0 Å². The van der Waals surface area contributed by atoms with Gasteiger partial charge < -0.3 is 14.8 Å². The second-order valence-electron chi connectivity index (χ2n) is 4.22. The molecule has 15 heavy (non-hydrogen) atoms. The van der Waals surface area contributed by atoms with E-state index in [2.05, 4.69) is 18.3 Å². The molecule has 1 saturated heterocycles. The van der Waals surface area contributed by atoms with E-state index in [-0.39, 0.29) is 0 Å². The monoisotopic (exact) mass is 211 g/mol. The number of hydrogen-bond acceptors (Lipinski definition) is 3. The van der Waals surface area contributed by atoms with E-state index >= 15 is 0 Å². The molecule has 2 heterocycles. The second-order valence-corrected chi connectivity index (χ2v) is 4.22. The molecule has 0 aromatic heterocycles. The molecule has 1 fully saturated rings. The van der Waals surface area contributed by atoms with Crippen molar-refractivity contribution >= 4 is 0 Å². The van der Waals surface area contributed by atoms with Crippen LogP contribution in [0.2, 0.25) is 0 Å². The highest BCUT2D eigenvalue weighted by molar-refractivity contribution is 5.07. The van der Waals surface area contributed by atoms with Gasteiger partial charge in [-0.25, -0.2) is 0 Å². The Morgan fingerprint density at radius 1 is 1.53 bits per heavy atom. The number of ether oxygens (including phenoxy) is 2. The van der Waals surface area contributed by atoms with Gasteiger partial charge >= 0.3 is 0 Å². The van der Waals surface area contributed by atoms with Crippen molar-refractivity contribution in [2.75, 3.05) is 19.8 Å². The average molecular weight is 211 g/mol. The van der Waals surface area contributed by atoms with Crippen molar-refractivity contribution in [3.05, 3.63) is 11.8 Å². The standard InChI is InChI=1S/C12H21NO2/c1-2-13-11(12-6-4-8-15-12)9-10-5-3-7-14-10/h6,10-11,13H,2-5,7-9H2,1H3. The summed E-state index contributed by atoms with van der Waals surface area (Å²) in [5.41, 5.74) is 0. The van der Waals surface area contributed by atoms with Crippen molar-refractivity contribution < 1.29 is 9.47 Å². The highest BCUT2D eigenvalue weighted by Gasteiger charge is 2.24. The maximum absolute atomic E-state index is 5.67. The number of likely N-dealkylation sites (N-methyl/N-ethyl adjacent to an activating group) is 1. The molecule has 0 aliphatic carbocycles. The number of nitrogens with one attached hydrogen (secondary N) is 1. The third-order valence-corrected chi connectivity index (χ3v) is 3.05. The Kier molecular flexibility index (Phi) is 4.03. The lowest BCUT2D eigenvalue weighted by atomic mass is 10.0. The summed E-state index contributed by atoms with van der Waals surface area (Å²) >= 11 is 0. The maximum atomic E-state index is 5.67. The highest BCUT2D eigenvalue weighted by atomic mass is 16.5. The molecule has 0 amide bonds. The maximum Gasteiger partial charge on any atom is 0.109 e. The molecular weight excluding hydrogens is 190 g/mol. The van der Waals surface area contributed by atoms with Crippen molar-refractivity contribution in [2.24, 2.45) is 0 Å². The molecule has 0 spiro atoms. The van der Waals surface area contributed by atoms with Crippen molar-refractivity contribution in [1.82, 2.24) is 5.32 Å². The zero-order chi connectivity index (χ0) is 10.5. The van der Waals surface area contributed by atoms with Gasteiger partial charge in [0.2, 0.25) is 0 Å². The first-order chi connectivity index (χ1) is 7.40. The van der Waals surface area contributed by atoms with Gasteiger partial charge in [0.15, 0.2) is 0 Å². The van der Waals surface area contributed by atoms with E-state index in [1.165, 1.54) is 12.8 Å². The Balaban J connectivity index is 1.86. The van der Waals surface area contributed by atoms with E-state index in [1.54, 1.807) is 0 Å². The zero-order valence-corrected chi connectivity index (χ0v) is 9.50. The van der Waals surface area contributed by atoms with Gasteiger partial charge in [-0.1, -0.05) is 6.92 Å². The number of hydrogen-bond donors (Lipinski definition) is 1. The molecule has 2 aliphatic rings. The predicted octanol–water partition coefficient (Wildman–Crippen LogP) is 1.84. The van der Waals surface area contributed by atoms with Gasteiger partial charge in [0.05, 0.1) is 18.8 Å². The molecular formula is C12H21NO2. The topological polar surface area (TPSA) is 30.5 Å². The SMILES string of the molecule is CCNC(CC1CCCO1)C1=CCCO1. The molecule has 2 rings (SSSR count). The van der Waals surface area contributed by atoms with Gasteiger partial charge in [-0.15, -0.1) is 0 Å². The van der Waals surface area contributed by atoms with Crippen LogP contribution in [-0.4, -0.2) is 31.9 Å². The fourth-order valence-electron chi connectivity index (χ4n) is 2.32. The molecule has 3 heteroatoms. The molecule has 2 unspecified atom stereocenters. The molecule has 1 N–H and O–H groups in total. The van der Waals surface area contributed by atoms with Crippen LogP contribution in [0.5, 0.6) is 0 Å². The quantitative estimate of drug-likeness (QED) is 0.752. The fraction of sp³-hybridized carbons (Fsp3) is 0.833. The van der Waals surface area contributed by atoms with Crippen LogP contribution in [0.3, 0.4) is 0 Å². The van der Waals surface area contributed by atoms with E-state index in [1.807, 2.05) is 0 Å². The van der Waals surface area contributed by atoms with Crippen molar-refractivity contribution in [2.45, 2.75) is 44.8 Å². The molecule has 3 nitrogen and oxygen atoms in total. The molecule has 0 bridgehead atoms. The van der Waals surface area contributed by atoms with Gasteiger partial charge in [-0.05, 0) is 31.9 Å². The smallest absolute Gasteiger partial charge is 0.109 e. The van der Waals surface area contributed by atoms with E-state index in [9.17, 15) is 0 Å². The first-order valence-electron chi connectivity index (χ1n) is 6.08. The van der Waals surface area contributed by atoms with Crippen LogP contribution in [0, 0.1) is 0 Å². The molecule has 0 aromatic rings. The molecule has 86 valence electrons. The summed E-state index contributed by atoms with van der Waals surface area (Å²) in [4.78, 5) is 0. The molecule has 0 saturated carbocycles. The summed E-state index contributed by atoms with van der Waals surface area (Å²) in [7, 11) is 0. The lowest BCUT2D eigenvalue weighted by Gasteiger charge is -2.21. The summed E-state index contributed by atoms with van der Waals surface area (Å²) in [6.45, 7) is 4.91. The Labute approximate surface area is 91.8 Å². The minimum Gasteiger partial charge on any atom is -0.496 e. The van der Waals surface area contributed by atoms with Gasteiger partial charge in [0.1, 0.15) is 5.76 Å². The summed E-state index contributed by atoms with van der Waals surface area (Å²) in [5, 5.41) is 3.48. The van der Waals surface area contributed by atoms with E-state index < -0.39 is 0 Å². The van der Waals surface area contributed by atoms with Crippen LogP contribution < -0.4 is 5.32 Å². The average Bonchev–Trinajstić information content (AvgIpc) is 2.89. The van der Waals surface area contributed by atoms with Gasteiger partial charge in [-0.3, -0.25) is 0 Å². The van der Waals surface area contributed by atoms with Gasteiger partial charge in [0, 0.05) is 13.0 Å². The highest BCUT2D eigenvalue weighted by Crippen LogP contribution is 2.22. The summed E-state index contributed by atoms with van der Waals surface area (Å²) in [6.07, 6.45) is 7.17.